The van der Waals surface area contributed by atoms with Crippen molar-refractivity contribution in [3.8, 4) is 5.75 Å². The maximum atomic E-state index is 6.16. The van der Waals surface area contributed by atoms with E-state index in [-0.39, 0.29) is 6.04 Å². The molecule has 0 amide bonds. The number of H-pyrrole nitrogens is 1. The molecule has 0 bridgehead atoms. The van der Waals surface area contributed by atoms with Crippen molar-refractivity contribution in [3.05, 3.63) is 46.2 Å². The fourth-order valence-electron chi connectivity index (χ4n) is 2.39. The summed E-state index contributed by atoms with van der Waals surface area (Å²) in [5.41, 5.74) is 3.43. The summed E-state index contributed by atoms with van der Waals surface area (Å²) in [6.45, 7) is 3.51. The minimum Gasteiger partial charge on any atom is -0.492 e. The molecular weight excluding hydrogens is 262 g/mol. The molecule has 1 atom stereocenters. The van der Waals surface area contributed by atoms with Crippen LogP contribution in [-0.2, 0) is 6.54 Å². The van der Waals surface area contributed by atoms with E-state index in [0.717, 1.165) is 30.0 Å². The van der Waals surface area contributed by atoms with Crippen molar-refractivity contribution < 1.29 is 4.74 Å². The maximum Gasteiger partial charge on any atom is 0.142 e. The molecule has 2 N–H and O–H groups in total. The van der Waals surface area contributed by atoms with Gasteiger partial charge >= 0.3 is 0 Å². The Labute approximate surface area is 117 Å². The Bertz CT molecular complexity index is 582. The second-order valence-electron chi connectivity index (χ2n) is 4.75. The topological polar surface area (TPSA) is 49.9 Å². The summed E-state index contributed by atoms with van der Waals surface area (Å²) >= 11 is 6.16. The van der Waals surface area contributed by atoms with Crippen LogP contribution < -0.4 is 10.1 Å². The highest BCUT2D eigenvalue weighted by Gasteiger charge is 2.22. The molecule has 5 heteroatoms. The van der Waals surface area contributed by atoms with Crippen LogP contribution in [0.1, 0.15) is 29.3 Å². The zero-order valence-corrected chi connectivity index (χ0v) is 11.5. The van der Waals surface area contributed by atoms with Gasteiger partial charge in [0.25, 0.3) is 0 Å². The first-order chi connectivity index (χ1) is 9.25. The molecule has 0 unspecified atom stereocenters. The van der Waals surface area contributed by atoms with Gasteiger partial charge in [-0.25, -0.2) is 0 Å². The van der Waals surface area contributed by atoms with Crippen LogP contribution in [0.15, 0.2) is 24.4 Å². The number of hydrogen-bond donors (Lipinski definition) is 2. The Morgan fingerprint density at radius 3 is 3.21 bits per heavy atom. The molecule has 1 aliphatic heterocycles. The Morgan fingerprint density at radius 1 is 1.53 bits per heavy atom. The summed E-state index contributed by atoms with van der Waals surface area (Å²) in [5, 5.41) is 11.2. The number of halogens is 1. The third kappa shape index (κ3) is 2.46. The molecule has 2 heterocycles. The van der Waals surface area contributed by atoms with Gasteiger partial charge < -0.3 is 10.1 Å². The Hall–Kier alpha value is -1.52. The lowest BCUT2D eigenvalue weighted by molar-refractivity contribution is 0.252. The number of nitrogens with zero attached hydrogens (tertiary/aromatic N) is 1. The predicted molar refractivity (Wildman–Crippen MR) is 74.5 cm³/mol. The molecule has 0 saturated heterocycles. The number of fused-ring (bicyclic) bond motifs is 1. The Kier molecular flexibility index (Phi) is 3.44. The van der Waals surface area contributed by atoms with E-state index in [1.54, 1.807) is 0 Å². The first-order valence-corrected chi connectivity index (χ1v) is 6.77. The molecule has 0 saturated carbocycles. The maximum absolute atomic E-state index is 6.16. The van der Waals surface area contributed by atoms with Crippen LogP contribution in [0.4, 0.5) is 0 Å². The second kappa shape index (κ2) is 5.23. The van der Waals surface area contributed by atoms with Crippen LogP contribution in [-0.4, -0.2) is 16.8 Å². The molecule has 2 aromatic rings. The van der Waals surface area contributed by atoms with Crippen molar-refractivity contribution in [3.63, 3.8) is 0 Å². The molecule has 1 aromatic carbocycles. The summed E-state index contributed by atoms with van der Waals surface area (Å²) in [6, 6.07) is 6.17. The Balaban J connectivity index is 1.77. The fraction of sp³-hybridized carbons (Fsp3) is 0.357. The fourth-order valence-corrected chi connectivity index (χ4v) is 2.62. The summed E-state index contributed by atoms with van der Waals surface area (Å²) < 4.78 is 5.65. The van der Waals surface area contributed by atoms with Crippen LogP contribution in [0, 0.1) is 6.92 Å². The number of benzene rings is 1. The summed E-state index contributed by atoms with van der Waals surface area (Å²) in [6.07, 6.45) is 2.81. The third-order valence-corrected chi connectivity index (χ3v) is 3.80. The number of hydrogen-bond acceptors (Lipinski definition) is 3. The monoisotopic (exact) mass is 277 g/mol. The largest absolute Gasteiger partial charge is 0.492 e. The molecule has 19 heavy (non-hydrogen) atoms. The van der Waals surface area contributed by atoms with Gasteiger partial charge in [0.15, 0.2) is 0 Å². The van der Waals surface area contributed by atoms with Crippen LogP contribution in [0.3, 0.4) is 0 Å². The summed E-state index contributed by atoms with van der Waals surface area (Å²) in [5.74, 6) is 0.817. The van der Waals surface area contributed by atoms with E-state index in [4.69, 9.17) is 16.3 Å². The van der Waals surface area contributed by atoms with E-state index in [0.29, 0.717) is 11.6 Å². The highest BCUT2D eigenvalue weighted by molar-refractivity contribution is 6.32. The lowest BCUT2D eigenvalue weighted by Crippen LogP contribution is -2.27. The van der Waals surface area contributed by atoms with Crippen LogP contribution in [0.25, 0.3) is 0 Å². The SMILES string of the molecule is Cc1[nH]ncc1CN[C@@H]1CCOc2c(Cl)cccc21. The highest BCUT2D eigenvalue weighted by atomic mass is 35.5. The number of aromatic nitrogens is 2. The molecule has 0 radical (unpaired) electrons. The van der Waals surface area contributed by atoms with Gasteiger partial charge in [-0.1, -0.05) is 23.7 Å². The van der Waals surface area contributed by atoms with Crippen LogP contribution in [0.5, 0.6) is 5.75 Å². The molecule has 0 spiro atoms. The van der Waals surface area contributed by atoms with E-state index in [1.807, 2.05) is 25.3 Å². The molecule has 100 valence electrons. The summed E-state index contributed by atoms with van der Waals surface area (Å²) in [7, 11) is 0. The number of aromatic amines is 1. The quantitative estimate of drug-likeness (QED) is 0.907. The van der Waals surface area contributed by atoms with E-state index < -0.39 is 0 Å². The number of nitrogens with one attached hydrogen (secondary N) is 2. The van der Waals surface area contributed by atoms with Gasteiger partial charge in [0.05, 0.1) is 17.8 Å². The van der Waals surface area contributed by atoms with Crippen molar-refractivity contribution in [1.29, 1.82) is 0 Å². The van der Waals surface area contributed by atoms with E-state index in [9.17, 15) is 0 Å². The van der Waals surface area contributed by atoms with E-state index in [1.165, 1.54) is 5.56 Å². The molecule has 1 aromatic heterocycles. The lowest BCUT2D eigenvalue weighted by Gasteiger charge is -2.27. The van der Waals surface area contributed by atoms with Gasteiger partial charge in [-0.3, -0.25) is 5.10 Å². The molecule has 0 fully saturated rings. The normalized spacial score (nSPS) is 17.9. The number of para-hydroxylation sites is 1. The van der Waals surface area contributed by atoms with Gasteiger partial charge in [0.1, 0.15) is 5.75 Å². The first kappa shape index (κ1) is 12.5. The van der Waals surface area contributed by atoms with Gasteiger partial charge in [0, 0.05) is 35.8 Å². The highest BCUT2D eigenvalue weighted by Crippen LogP contribution is 2.37. The second-order valence-corrected chi connectivity index (χ2v) is 5.16. The van der Waals surface area contributed by atoms with Crippen LogP contribution >= 0.6 is 11.6 Å². The molecule has 0 aliphatic carbocycles. The van der Waals surface area contributed by atoms with Crippen molar-refractivity contribution in [1.82, 2.24) is 15.5 Å². The van der Waals surface area contributed by atoms with E-state index >= 15 is 0 Å². The third-order valence-electron chi connectivity index (χ3n) is 3.50. The number of rotatable bonds is 3. The zero-order chi connectivity index (χ0) is 13.2. The van der Waals surface area contributed by atoms with Gasteiger partial charge in [-0.05, 0) is 13.0 Å². The smallest absolute Gasteiger partial charge is 0.142 e. The van der Waals surface area contributed by atoms with Crippen molar-refractivity contribution >= 4 is 11.6 Å². The average Bonchev–Trinajstić information content (AvgIpc) is 2.82. The van der Waals surface area contributed by atoms with Crippen molar-refractivity contribution in [2.75, 3.05) is 6.61 Å². The molecular formula is C14H16ClN3O. The van der Waals surface area contributed by atoms with E-state index in [2.05, 4.69) is 21.6 Å². The van der Waals surface area contributed by atoms with Gasteiger partial charge in [-0.15, -0.1) is 0 Å². The number of ether oxygens (including phenoxy) is 1. The molecule has 4 nitrogen and oxygen atoms in total. The minimum atomic E-state index is 0.275. The average molecular weight is 278 g/mol. The van der Waals surface area contributed by atoms with Crippen LogP contribution in [0.2, 0.25) is 5.02 Å². The molecule has 3 rings (SSSR count). The first-order valence-electron chi connectivity index (χ1n) is 6.39. The minimum absolute atomic E-state index is 0.275. The van der Waals surface area contributed by atoms with Gasteiger partial charge in [0.2, 0.25) is 0 Å². The number of aryl methyl sites for hydroxylation is 1. The zero-order valence-electron chi connectivity index (χ0n) is 10.7. The van der Waals surface area contributed by atoms with Crippen molar-refractivity contribution in [2.45, 2.75) is 25.9 Å². The lowest BCUT2D eigenvalue weighted by atomic mass is 10.0. The van der Waals surface area contributed by atoms with Crippen molar-refractivity contribution in [2.24, 2.45) is 0 Å². The standard InChI is InChI=1S/C14H16ClN3O/c1-9-10(8-17-18-9)7-16-13-5-6-19-14-11(13)3-2-4-12(14)15/h2-4,8,13,16H,5-7H2,1H3,(H,17,18)/t13-/m1/s1. The van der Waals surface area contributed by atoms with Gasteiger partial charge in [-0.2, -0.15) is 5.10 Å². The summed E-state index contributed by atoms with van der Waals surface area (Å²) in [4.78, 5) is 0. The Morgan fingerprint density at radius 2 is 2.42 bits per heavy atom. The predicted octanol–water partition coefficient (Wildman–Crippen LogP) is 2.98. The molecule has 1 aliphatic rings.